The summed E-state index contributed by atoms with van der Waals surface area (Å²) in [5, 5.41) is 0. The van der Waals surface area contributed by atoms with Gasteiger partial charge in [0.05, 0.1) is 42.7 Å². The van der Waals surface area contributed by atoms with Gasteiger partial charge in [-0.05, 0) is 30.7 Å². The summed E-state index contributed by atoms with van der Waals surface area (Å²) in [6, 6.07) is 5.89. The maximum absolute atomic E-state index is 12.7. The van der Waals surface area contributed by atoms with Crippen molar-refractivity contribution in [1.82, 2.24) is 0 Å². The van der Waals surface area contributed by atoms with Crippen LogP contribution in [0.25, 0.3) is 0 Å². The summed E-state index contributed by atoms with van der Waals surface area (Å²) in [5.74, 6) is -0.475. The molecule has 2 rings (SSSR count). The average molecular weight is 525 g/mol. The van der Waals surface area contributed by atoms with E-state index < -0.39 is 18.2 Å². The summed E-state index contributed by atoms with van der Waals surface area (Å²) in [5.41, 5.74) is 0.0305. The molecule has 0 N–H and O–H groups in total. The van der Waals surface area contributed by atoms with E-state index in [1.165, 1.54) is 66.9 Å². The molecule has 2 aromatic carbocycles. The minimum atomic E-state index is -1.22. The Morgan fingerprint density at radius 3 is 1.35 bits per heavy atom. The van der Waals surface area contributed by atoms with Crippen molar-refractivity contribution in [2.45, 2.75) is 32.5 Å². The second-order valence-corrected chi connectivity index (χ2v) is 7.27. The molecule has 0 heterocycles. The molecule has 0 bridgehead atoms. The number of rotatable bonds is 15. The molecule has 37 heavy (non-hydrogen) atoms. The maximum Gasteiger partial charge on any atom is 0.377 e. The molecule has 2 aromatic rings. The van der Waals surface area contributed by atoms with E-state index in [1.807, 2.05) is 6.92 Å². The molecule has 0 saturated heterocycles. The fourth-order valence-corrected chi connectivity index (χ4v) is 3.29. The van der Waals surface area contributed by atoms with Crippen molar-refractivity contribution in [3.8, 4) is 34.5 Å². The van der Waals surface area contributed by atoms with Crippen LogP contribution in [0, 0.1) is 0 Å². The molecule has 0 unspecified atom stereocenters. The minimum Gasteiger partial charge on any atom is -0.493 e. The van der Waals surface area contributed by atoms with Gasteiger partial charge in [0.2, 0.25) is 17.8 Å². The molecule has 0 amide bonds. The van der Waals surface area contributed by atoms with E-state index in [2.05, 4.69) is 0 Å². The summed E-state index contributed by atoms with van der Waals surface area (Å²) in [7, 11) is 8.44. The van der Waals surface area contributed by atoms with E-state index in [1.54, 1.807) is 0 Å². The highest BCUT2D eigenvalue weighted by atomic mass is 17.3. The van der Waals surface area contributed by atoms with Crippen molar-refractivity contribution < 1.29 is 57.6 Å². The van der Waals surface area contributed by atoms with Crippen molar-refractivity contribution in [2.24, 2.45) is 0 Å². The topological polar surface area (TPSA) is 126 Å². The molecular weight excluding hydrogens is 492 g/mol. The van der Waals surface area contributed by atoms with Crippen LogP contribution in [0.1, 0.15) is 46.9 Å². The van der Waals surface area contributed by atoms with E-state index in [-0.39, 0.29) is 40.5 Å². The molecule has 204 valence electrons. The van der Waals surface area contributed by atoms with Crippen molar-refractivity contribution >= 4 is 11.9 Å². The molecule has 0 fully saturated rings. The third kappa shape index (κ3) is 7.08. The lowest BCUT2D eigenvalue weighted by atomic mass is 10.1. The van der Waals surface area contributed by atoms with Gasteiger partial charge in [0.25, 0.3) is 0 Å². The Labute approximate surface area is 215 Å². The Kier molecular flexibility index (Phi) is 11.6. The first kappa shape index (κ1) is 29.3. The minimum absolute atomic E-state index is 0.0152. The number of benzene rings is 2. The van der Waals surface area contributed by atoms with Crippen LogP contribution in [0.4, 0.5) is 0 Å². The van der Waals surface area contributed by atoms with Crippen LogP contribution in [0.5, 0.6) is 34.5 Å². The van der Waals surface area contributed by atoms with Gasteiger partial charge in [-0.3, -0.25) is 9.78 Å². The van der Waals surface area contributed by atoms with Crippen LogP contribution in [0.15, 0.2) is 24.3 Å². The van der Waals surface area contributed by atoms with E-state index >= 15 is 0 Å². The number of methoxy groups -OCH3 is 6. The van der Waals surface area contributed by atoms with Gasteiger partial charge in [0.1, 0.15) is 11.1 Å². The predicted octanol–water partition coefficient (Wildman–Crippen LogP) is 4.13. The van der Waals surface area contributed by atoms with Gasteiger partial charge in [-0.15, -0.1) is 9.78 Å². The molecule has 12 heteroatoms. The van der Waals surface area contributed by atoms with Crippen LogP contribution in [0.3, 0.4) is 0 Å². The molecule has 0 spiro atoms. The molecule has 0 aliphatic carbocycles. The number of hydrogen-bond acceptors (Lipinski definition) is 12. The fraction of sp³-hybridized carbons (Fsp3) is 0.440. The lowest BCUT2D eigenvalue weighted by Crippen LogP contribution is -2.22. The molecule has 0 aliphatic heterocycles. The van der Waals surface area contributed by atoms with E-state index in [4.69, 9.17) is 48.0 Å². The summed E-state index contributed by atoms with van der Waals surface area (Å²) >= 11 is 0. The van der Waals surface area contributed by atoms with Gasteiger partial charge in [-0.2, -0.15) is 0 Å². The Morgan fingerprint density at radius 2 is 1.03 bits per heavy atom. The average Bonchev–Trinajstić information content (AvgIpc) is 2.94. The lowest BCUT2D eigenvalue weighted by Gasteiger charge is -2.18. The summed E-state index contributed by atoms with van der Waals surface area (Å²) < 4.78 is 31.6. The standard InChI is InChI=1S/C25H32O12/c1-8-9-10-19(34-36-24(26)15-11-13-17(28-2)22(32-6)20(15)30-4)35-37-25(27)16-12-14-18(29-3)23(33-7)21(16)31-5/h11-14,19H,8-10H2,1-7H3. The third-order valence-electron chi connectivity index (χ3n) is 5.10. The fourth-order valence-electron chi connectivity index (χ4n) is 3.29. The van der Waals surface area contributed by atoms with Crippen LogP contribution in [-0.2, 0) is 19.6 Å². The molecule has 0 aromatic heterocycles. The largest absolute Gasteiger partial charge is 0.493 e. The monoisotopic (exact) mass is 524 g/mol. The number of carbonyl (C=O) groups excluding carboxylic acids is 2. The predicted molar refractivity (Wildman–Crippen MR) is 129 cm³/mol. The molecule has 12 nitrogen and oxygen atoms in total. The number of carbonyl (C=O) groups is 2. The van der Waals surface area contributed by atoms with E-state index in [0.29, 0.717) is 17.9 Å². The summed E-state index contributed by atoms with van der Waals surface area (Å²) in [6.45, 7) is 1.94. The van der Waals surface area contributed by atoms with E-state index in [9.17, 15) is 9.59 Å². The van der Waals surface area contributed by atoms with Gasteiger partial charge in [-0.25, -0.2) is 9.59 Å². The Hall–Kier alpha value is -3.90. The van der Waals surface area contributed by atoms with Gasteiger partial charge < -0.3 is 28.4 Å². The Bertz CT molecular complexity index is 973. The zero-order valence-corrected chi connectivity index (χ0v) is 21.9. The first-order valence-electron chi connectivity index (χ1n) is 11.2. The first-order chi connectivity index (χ1) is 17.9. The zero-order chi connectivity index (χ0) is 27.4. The van der Waals surface area contributed by atoms with Gasteiger partial charge >= 0.3 is 11.9 Å². The van der Waals surface area contributed by atoms with Gasteiger partial charge in [0, 0.05) is 6.42 Å². The van der Waals surface area contributed by atoms with Crippen molar-refractivity contribution in [3.63, 3.8) is 0 Å². The summed E-state index contributed by atoms with van der Waals surface area (Å²) in [4.78, 5) is 45.7. The molecule has 0 atom stereocenters. The van der Waals surface area contributed by atoms with Gasteiger partial charge in [-0.1, -0.05) is 13.3 Å². The lowest BCUT2D eigenvalue weighted by molar-refractivity contribution is -0.421. The zero-order valence-electron chi connectivity index (χ0n) is 21.9. The van der Waals surface area contributed by atoms with Crippen LogP contribution in [0.2, 0.25) is 0 Å². The third-order valence-corrected chi connectivity index (χ3v) is 5.10. The normalized spacial score (nSPS) is 10.5. The second kappa shape index (κ2) is 14.6. The highest BCUT2D eigenvalue weighted by molar-refractivity contribution is 5.94. The van der Waals surface area contributed by atoms with Crippen LogP contribution in [-0.4, -0.2) is 60.9 Å². The Morgan fingerprint density at radius 1 is 0.622 bits per heavy atom. The number of ether oxygens (including phenoxy) is 6. The van der Waals surface area contributed by atoms with Crippen molar-refractivity contribution in [1.29, 1.82) is 0 Å². The maximum atomic E-state index is 12.7. The second-order valence-electron chi connectivity index (χ2n) is 7.27. The van der Waals surface area contributed by atoms with Crippen LogP contribution >= 0.6 is 0 Å². The molecule has 0 aliphatic rings. The van der Waals surface area contributed by atoms with Crippen molar-refractivity contribution in [2.75, 3.05) is 42.7 Å². The molecule has 0 saturated carbocycles. The quantitative estimate of drug-likeness (QED) is 0.189. The van der Waals surface area contributed by atoms with Crippen LogP contribution < -0.4 is 28.4 Å². The SMILES string of the molecule is CCCCC(OOC(=O)c1ccc(OC)c(OC)c1OC)OOC(=O)c1ccc(OC)c(OC)c1OC. The highest BCUT2D eigenvalue weighted by Crippen LogP contribution is 2.41. The van der Waals surface area contributed by atoms with Crippen molar-refractivity contribution in [3.05, 3.63) is 35.4 Å². The van der Waals surface area contributed by atoms with Gasteiger partial charge in [0.15, 0.2) is 23.0 Å². The highest BCUT2D eigenvalue weighted by Gasteiger charge is 2.26. The molecular formula is C25H32O12. The summed E-state index contributed by atoms with van der Waals surface area (Å²) in [6.07, 6.45) is 0.436. The Balaban J connectivity index is 2.14. The first-order valence-corrected chi connectivity index (χ1v) is 11.2. The smallest absolute Gasteiger partial charge is 0.377 e. The molecule has 0 radical (unpaired) electrons. The number of hydrogen-bond donors (Lipinski definition) is 0. The van der Waals surface area contributed by atoms with E-state index in [0.717, 1.165) is 6.42 Å². The number of unbranched alkanes of at least 4 members (excludes halogenated alkanes) is 1.